The van der Waals surface area contributed by atoms with Gasteiger partial charge in [0.25, 0.3) is 0 Å². The van der Waals surface area contributed by atoms with E-state index in [1.807, 2.05) is 11.0 Å². The van der Waals surface area contributed by atoms with E-state index in [0.717, 1.165) is 5.76 Å². The highest BCUT2D eigenvalue weighted by atomic mass is 32.2. The molecule has 21 heavy (non-hydrogen) atoms. The van der Waals surface area contributed by atoms with Gasteiger partial charge in [-0.3, -0.25) is 4.90 Å². The van der Waals surface area contributed by atoms with E-state index in [9.17, 15) is 13.5 Å². The highest BCUT2D eigenvalue weighted by Gasteiger charge is 2.24. The van der Waals surface area contributed by atoms with Gasteiger partial charge in [-0.05, 0) is 12.1 Å². The predicted octanol–water partition coefficient (Wildman–Crippen LogP) is -0.266. The molecule has 0 saturated carbocycles. The van der Waals surface area contributed by atoms with Crippen LogP contribution in [-0.4, -0.2) is 74.4 Å². The van der Waals surface area contributed by atoms with E-state index in [4.69, 9.17) is 9.15 Å². The van der Waals surface area contributed by atoms with Gasteiger partial charge in [0.1, 0.15) is 12.4 Å². The molecule has 1 aromatic rings. The molecule has 120 valence electrons. The van der Waals surface area contributed by atoms with Gasteiger partial charge in [-0.15, -0.1) is 0 Å². The third kappa shape index (κ3) is 5.40. The van der Waals surface area contributed by atoms with Crippen molar-refractivity contribution in [3.05, 3.63) is 24.2 Å². The number of ether oxygens (including phenoxy) is 1. The topological polar surface area (TPSA) is 83.2 Å². The van der Waals surface area contributed by atoms with Gasteiger partial charge in [-0.25, -0.2) is 8.42 Å². The predicted molar refractivity (Wildman–Crippen MR) is 77.2 cm³/mol. The molecular formula is C13H22N2O5S. The van der Waals surface area contributed by atoms with Gasteiger partial charge in [0.15, 0.2) is 0 Å². The zero-order chi connectivity index (χ0) is 15.3. The van der Waals surface area contributed by atoms with E-state index < -0.39 is 16.1 Å². The average Bonchev–Trinajstić information content (AvgIpc) is 2.91. The number of furan rings is 1. The summed E-state index contributed by atoms with van der Waals surface area (Å²) in [7, 11) is -3.11. The summed E-state index contributed by atoms with van der Waals surface area (Å²) < 4.78 is 34.8. The van der Waals surface area contributed by atoms with E-state index in [-0.39, 0.29) is 6.61 Å². The SMILES string of the molecule is CS(=O)(=O)N1CCN(CC(O)COCc2ccco2)CC1. The van der Waals surface area contributed by atoms with Crippen LogP contribution >= 0.6 is 0 Å². The fourth-order valence-corrected chi connectivity index (χ4v) is 3.11. The van der Waals surface area contributed by atoms with Crippen LogP contribution < -0.4 is 0 Å². The van der Waals surface area contributed by atoms with Crippen LogP contribution in [0.25, 0.3) is 0 Å². The lowest BCUT2D eigenvalue weighted by atomic mass is 10.3. The maximum Gasteiger partial charge on any atom is 0.211 e. The summed E-state index contributed by atoms with van der Waals surface area (Å²) >= 11 is 0. The summed E-state index contributed by atoms with van der Waals surface area (Å²) in [6.45, 7) is 3.25. The first-order valence-corrected chi connectivity index (χ1v) is 8.75. The van der Waals surface area contributed by atoms with Crippen LogP contribution in [0.2, 0.25) is 0 Å². The first-order chi connectivity index (χ1) is 9.95. The van der Waals surface area contributed by atoms with Crippen LogP contribution in [0.4, 0.5) is 0 Å². The van der Waals surface area contributed by atoms with Gasteiger partial charge in [-0.2, -0.15) is 4.31 Å². The lowest BCUT2D eigenvalue weighted by Crippen LogP contribution is -2.50. The Bertz CT molecular complexity index is 509. The van der Waals surface area contributed by atoms with Crippen molar-refractivity contribution in [1.82, 2.24) is 9.21 Å². The van der Waals surface area contributed by atoms with Gasteiger partial charge >= 0.3 is 0 Å². The van der Waals surface area contributed by atoms with Crippen LogP contribution in [-0.2, 0) is 21.4 Å². The molecule has 1 unspecified atom stereocenters. The number of nitrogens with zero attached hydrogens (tertiary/aromatic N) is 2. The fraction of sp³-hybridized carbons (Fsp3) is 0.692. The molecule has 1 fully saturated rings. The van der Waals surface area contributed by atoms with E-state index in [1.54, 1.807) is 12.3 Å². The Hall–Kier alpha value is -0.930. The number of aliphatic hydroxyl groups is 1. The van der Waals surface area contributed by atoms with E-state index >= 15 is 0 Å². The summed E-state index contributed by atoms with van der Waals surface area (Å²) in [6, 6.07) is 3.60. The van der Waals surface area contributed by atoms with Crippen molar-refractivity contribution in [1.29, 1.82) is 0 Å². The molecule has 0 aromatic carbocycles. The van der Waals surface area contributed by atoms with Crippen molar-refractivity contribution in [3.8, 4) is 0 Å². The second kappa shape index (κ2) is 7.37. The summed E-state index contributed by atoms with van der Waals surface area (Å²) in [4.78, 5) is 2.04. The van der Waals surface area contributed by atoms with Crippen molar-refractivity contribution in [2.45, 2.75) is 12.7 Å². The molecule has 1 saturated heterocycles. The molecule has 8 heteroatoms. The second-order valence-electron chi connectivity index (χ2n) is 5.21. The molecule has 0 amide bonds. The van der Waals surface area contributed by atoms with Crippen LogP contribution in [0.5, 0.6) is 0 Å². The normalized spacial score (nSPS) is 19.7. The summed E-state index contributed by atoms with van der Waals surface area (Å²) in [5.74, 6) is 0.726. The molecule has 0 radical (unpaired) electrons. The summed E-state index contributed by atoms with van der Waals surface area (Å²) in [6.07, 6.45) is 2.21. The quantitative estimate of drug-likeness (QED) is 0.745. The third-order valence-corrected chi connectivity index (χ3v) is 4.71. The Morgan fingerprint density at radius 1 is 1.38 bits per heavy atom. The minimum absolute atomic E-state index is 0.229. The standard InChI is InChI=1S/C13H22N2O5S/c1-21(17,18)15-6-4-14(5-7-15)9-12(16)10-19-11-13-3-2-8-20-13/h2-3,8,12,16H,4-7,9-11H2,1H3. The van der Waals surface area contributed by atoms with Gasteiger partial charge < -0.3 is 14.3 Å². The van der Waals surface area contributed by atoms with E-state index in [0.29, 0.717) is 39.3 Å². The molecule has 7 nitrogen and oxygen atoms in total. The van der Waals surface area contributed by atoms with Crippen LogP contribution in [0.1, 0.15) is 5.76 Å². The van der Waals surface area contributed by atoms with Gasteiger partial charge in [0.2, 0.25) is 10.0 Å². The molecule has 0 spiro atoms. The van der Waals surface area contributed by atoms with Crippen LogP contribution in [0.15, 0.2) is 22.8 Å². The number of rotatable bonds is 7. The zero-order valence-electron chi connectivity index (χ0n) is 12.1. The maximum absolute atomic E-state index is 11.4. The lowest BCUT2D eigenvalue weighted by Gasteiger charge is -2.34. The van der Waals surface area contributed by atoms with Crippen molar-refractivity contribution in [2.24, 2.45) is 0 Å². The molecule has 1 atom stereocenters. The number of hydrogen-bond donors (Lipinski definition) is 1. The Balaban J connectivity index is 1.64. The van der Waals surface area contributed by atoms with E-state index in [2.05, 4.69) is 0 Å². The second-order valence-corrected chi connectivity index (χ2v) is 7.19. The van der Waals surface area contributed by atoms with Gasteiger partial charge in [-0.1, -0.05) is 0 Å². The molecule has 2 heterocycles. The fourth-order valence-electron chi connectivity index (χ4n) is 2.28. The number of β-amino-alcohol motifs (C(OH)–C–C–N with tert-alkyl or cyclic N) is 1. The molecule has 2 rings (SSSR count). The van der Waals surface area contributed by atoms with Gasteiger partial charge in [0, 0.05) is 32.7 Å². The molecule has 0 bridgehead atoms. The minimum Gasteiger partial charge on any atom is -0.467 e. The summed E-state index contributed by atoms with van der Waals surface area (Å²) in [5.41, 5.74) is 0. The lowest BCUT2D eigenvalue weighted by molar-refractivity contribution is 0.00103. The van der Waals surface area contributed by atoms with Crippen LogP contribution in [0, 0.1) is 0 Å². The number of hydrogen-bond acceptors (Lipinski definition) is 6. The first kappa shape index (κ1) is 16.4. The Labute approximate surface area is 125 Å². The van der Waals surface area contributed by atoms with E-state index in [1.165, 1.54) is 10.6 Å². The van der Waals surface area contributed by atoms with Crippen molar-refractivity contribution < 1.29 is 22.7 Å². The highest BCUT2D eigenvalue weighted by molar-refractivity contribution is 7.88. The Morgan fingerprint density at radius 2 is 2.10 bits per heavy atom. The smallest absolute Gasteiger partial charge is 0.211 e. The highest BCUT2D eigenvalue weighted by Crippen LogP contribution is 2.07. The maximum atomic E-state index is 11.4. The number of piperazine rings is 1. The Morgan fingerprint density at radius 3 is 2.67 bits per heavy atom. The molecule has 1 aromatic heterocycles. The summed E-state index contributed by atoms with van der Waals surface area (Å²) in [5, 5.41) is 9.93. The van der Waals surface area contributed by atoms with Crippen molar-refractivity contribution in [3.63, 3.8) is 0 Å². The third-order valence-electron chi connectivity index (χ3n) is 3.40. The van der Waals surface area contributed by atoms with Crippen molar-refractivity contribution >= 4 is 10.0 Å². The molecular weight excluding hydrogens is 296 g/mol. The van der Waals surface area contributed by atoms with Crippen LogP contribution in [0.3, 0.4) is 0 Å². The van der Waals surface area contributed by atoms with Gasteiger partial charge in [0.05, 0.1) is 25.2 Å². The first-order valence-electron chi connectivity index (χ1n) is 6.91. The molecule has 1 N–H and O–H groups in total. The molecule has 1 aliphatic heterocycles. The van der Waals surface area contributed by atoms with Crippen molar-refractivity contribution in [2.75, 3.05) is 45.6 Å². The zero-order valence-corrected chi connectivity index (χ0v) is 13.0. The Kier molecular flexibility index (Phi) is 5.77. The molecule has 1 aliphatic rings. The monoisotopic (exact) mass is 318 g/mol. The largest absolute Gasteiger partial charge is 0.467 e. The molecule has 0 aliphatic carbocycles. The number of aliphatic hydroxyl groups excluding tert-OH is 1. The minimum atomic E-state index is -3.11. The number of sulfonamides is 1. The average molecular weight is 318 g/mol.